The van der Waals surface area contributed by atoms with E-state index in [4.69, 9.17) is 0 Å². The first-order valence-corrected chi connectivity index (χ1v) is 7.14. The average Bonchev–Trinajstić information content (AvgIpc) is 2.64. The van der Waals surface area contributed by atoms with Crippen LogP contribution in [-0.4, -0.2) is 22.5 Å². The van der Waals surface area contributed by atoms with Gasteiger partial charge in [-0.05, 0) is 44.0 Å². The van der Waals surface area contributed by atoms with Crippen LogP contribution < -0.4 is 5.32 Å². The topological polar surface area (TPSA) is 24.9 Å². The van der Waals surface area contributed by atoms with Gasteiger partial charge in [-0.2, -0.15) is 11.8 Å². The number of thioether (sulfide) groups is 1. The molecule has 14 heavy (non-hydrogen) atoms. The van der Waals surface area contributed by atoms with Crippen LogP contribution in [0.5, 0.6) is 0 Å². The first kappa shape index (κ1) is 10.8. The number of anilines is 1. The zero-order valence-corrected chi connectivity index (χ0v) is 11.5. The summed E-state index contributed by atoms with van der Waals surface area (Å²) in [5, 5.41) is 3.52. The lowest BCUT2D eigenvalue weighted by molar-refractivity contribution is 0.811. The van der Waals surface area contributed by atoms with Gasteiger partial charge >= 0.3 is 0 Å². The fourth-order valence-corrected chi connectivity index (χ4v) is 3.71. The minimum Gasteiger partial charge on any atom is -0.380 e. The number of hydrogen-bond donors (Lipinski definition) is 1. The minimum atomic E-state index is 0.593. The van der Waals surface area contributed by atoms with Gasteiger partial charge in [0.1, 0.15) is 0 Å². The Labute approximate surface area is 105 Å². The SMILES string of the molecule is Brc1cncc(Br)c1NC1CCSC1. The summed E-state index contributed by atoms with van der Waals surface area (Å²) in [6.07, 6.45) is 4.87. The van der Waals surface area contributed by atoms with E-state index >= 15 is 0 Å². The molecule has 0 saturated carbocycles. The lowest BCUT2D eigenvalue weighted by Crippen LogP contribution is -2.18. The summed E-state index contributed by atoms with van der Waals surface area (Å²) in [5.41, 5.74) is 1.12. The molecule has 76 valence electrons. The molecule has 1 fully saturated rings. The number of nitrogens with zero attached hydrogens (tertiary/aromatic N) is 1. The number of pyridine rings is 1. The number of rotatable bonds is 2. The van der Waals surface area contributed by atoms with Gasteiger partial charge < -0.3 is 5.32 Å². The average molecular weight is 338 g/mol. The van der Waals surface area contributed by atoms with Crippen molar-refractivity contribution in [3.63, 3.8) is 0 Å². The Bertz CT molecular complexity index is 306. The van der Waals surface area contributed by atoms with E-state index in [2.05, 4.69) is 42.2 Å². The van der Waals surface area contributed by atoms with Crippen LogP contribution in [0.25, 0.3) is 0 Å². The van der Waals surface area contributed by atoms with Crippen LogP contribution in [0, 0.1) is 0 Å². The number of nitrogens with one attached hydrogen (secondary N) is 1. The van der Waals surface area contributed by atoms with Crippen molar-refractivity contribution in [1.82, 2.24) is 4.98 Å². The normalized spacial score (nSPS) is 21.1. The van der Waals surface area contributed by atoms with Crippen molar-refractivity contribution in [2.24, 2.45) is 0 Å². The van der Waals surface area contributed by atoms with Gasteiger partial charge in [-0.15, -0.1) is 0 Å². The first-order valence-electron chi connectivity index (χ1n) is 4.40. The van der Waals surface area contributed by atoms with Crippen molar-refractivity contribution in [1.29, 1.82) is 0 Å². The van der Waals surface area contributed by atoms with E-state index in [9.17, 15) is 0 Å². The van der Waals surface area contributed by atoms with Crippen LogP contribution in [-0.2, 0) is 0 Å². The molecule has 2 nitrogen and oxygen atoms in total. The molecule has 0 bridgehead atoms. The van der Waals surface area contributed by atoms with E-state index in [0.29, 0.717) is 6.04 Å². The van der Waals surface area contributed by atoms with Crippen LogP contribution in [0.4, 0.5) is 5.69 Å². The molecule has 2 heterocycles. The van der Waals surface area contributed by atoms with Gasteiger partial charge in [0, 0.05) is 24.2 Å². The van der Waals surface area contributed by atoms with Crippen molar-refractivity contribution < 1.29 is 0 Å². The quantitative estimate of drug-likeness (QED) is 0.893. The van der Waals surface area contributed by atoms with Gasteiger partial charge in [-0.25, -0.2) is 0 Å². The van der Waals surface area contributed by atoms with Gasteiger partial charge in [-0.3, -0.25) is 4.98 Å². The molecule has 1 N–H and O–H groups in total. The van der Waals surface area contributed by atoms with Crippen molar-refractivity contribution in [3.05, 3.63) is 21.3 Å². The molecule has 1 aliphatic heterocycles. The summed E-state index contributed by atoms with van der Waals surface area (Å²) in [7, 11) is 0. The summed E-state index contributed by atoms with van der Waals surface area (Å²) in [5.74, 6) is 2.46. The maximum Gasteiger partial charge on any atom is 0.0663 e. The summed E-state index contributed by atoms with van der Waals surface area (Å²) in [6.45, 7) is 0. The Morgan fingerprint density at radius 3 is 2.64 bits per heavy atom. The second-order valence-corrected chi connectivity index (χ2v) is 6.04. The lowest BCUT2D eigenvalue weighted by Gasteiger charge is -2.15. The molecule has 1 aromatic heterocycles. The van der Waals surface area contributed by atoms with Gasteiger partial charge in [0.2, 0.25) is 0 Å². The van der Waals surface area contributed by atoms with E-state index in [1.165, 1.54) is 17.9 Å². The molecule has 2 rings (SSSR count). The predicted octanol–water partition coefficient (Wildman–Crippen LogP) is 3.52. The monoisotopic (exact) mass is 336 g/mol. The fraction of sp³-hybridized carbons (Fsp3) is 0.444. The molecule has 1 unspecified atom stereocenters. The number of hydrogen-bond acceptors (Lipinski definition) is 3. The highest BCUT2D eigenvalue weighted by atomic mass is 79.9. The Morgan fingerprint density at radius 1 is 1.36 bits per heavy atom. The Balaban J connectivity index is 2.14. The molecule has 0 spiro atoms. The number of aromatic nitrogens is 1. The standard InChI is InChI=1S/C9H10Br2N2S/c10-7-3-12-4-8(11)9(7)13-6-1-2-14-5-6/h3-4,6H,1-2,5H2,(H,12,13). The smallest absolute Gasteiger partial charge is 0.0663 e. The van der Waals surface area contributed by atoms with Crippen molar-refractivity contribution in [2.45, 2.75) is 12.5 Å². The van der Waals surface area contributed by atoms with Crippen LogP contribution in [0.2, 0.25) is 0 Å². The Hall–Kier alpha value is 0.260. The summed E-state index contributed by atoms with van der Waals surface area (Å²) in [6, 6.07) is 0.593. The second kappa shape index (κ2) is 4.86. The fourth-order valence-electron chi connectivity index (χ4n) is 1.40. The van der Waals surface area contributed by atoms with Crippen molar-refractivity contribution in [2.75, 3.05) is 16.8 Å². The Kier molecular flexibility index (Phi) is 3.73. The molecule has 0 amide bonds. The highest BCUT2D eigenvalue weighted by Gasteiger charge is 2.17. The summed E-state index contributed by atoms with van der Waals surface area (Å²) >= 11 is 8.99. The molecule has 5 heteroatoms. The minimum absolute atomic E-state index is 0.593. The maximum absolute atomic E-state index is 4.08. The van der Waals surface area contributed by atoms with Crippen LogP contribution >= 0.6 is 43.6 Å². The van der Waals surface area contributed by atoms with Crippen molar-refractivity contribution in [3.8, 4) is 0 Å². The third-order valence-electron chi connectivity index (χ3n) is 2.13. The molecule has 0 radical (unpaired) electrons. The van der Waals surface area contributed by atoms with Gasteiger partial charge in [0.25, 0.3) is 0 Å². The molecule has 0 aliphatic carbocycles. The van der Waals surface area contributed by atoms with E-state index < -0.39 is 0 Å². The summed E-state index contributed by atoms with van der Waals surface area (Å²) in [4.78, 5) is 4.08. The lowest BCUT2D eigenvalue weighted by atomic mass is 10.2. The molecule has 1 saturated heterocycles. The van der Waals surface area contributed by atoms with Gasteiger partial charge in [-0.1, -0.05) is 0 Å². The molecule has 1 aromatic rings. The Morgan fingerprint density at radius 2 is 2.07 bits per heavy atom. The zero-order valence-electron chi connectivity index (χ0n) is 7.46. The van der Waals surface area contributed by atoms with E-state index in [0.717, 1.165) is 14.6 Å². The molecule has 1 atom stereocenters. The number of halogens is 2. The van der Waals surface area contributed by atoms with Crippen molar-refractivity contribution >= 4 is 49.3 Å². The predicted molar refractivity (Wildman–Crippen MR) is 69.0 cm³/mol. The highest BCUT2D eigenvalue weighted by molar-refractivity contribution is 9.11. The molecular formula is C9H10Br2N2S. The molecular weight excluding hydrogens is 328 g/mol. The first-order chi connectivity index (χ1) is 6.77. The molecule has 1 aliphatic rings. The second-order valence-electron chi connectivity index (χ2n) is 3.18. The van der Waals surface area contributed by atoms with E-state index in [-0.39, 0.29) is 0 Å². The van der Waals surface area contributed by atoms with E-state index in [1.54, 1.807) is 0 Å². The third kappa shape index (κ3) is 2.44. The van der Waals surface area contributed by atoms with Gasteiger partial charge in [0.15, 0.2) is 0 Å². The van der Waals surface area contributed by atoms with Crippen LogP contribution in [0.3, 0.4) is 0 Å². The largest absolute Gasteiger partial charge is 0.380 e. The molecule has 0 aromatic carbocycles. The highest BCUT2D eigenvalue weighted by Crippen LogP contribution is 2.32. The van der Waals surface area contributed by atoms with Crippen LogP contribution in [0.15, 0.2) is 21.3 Å². The third-order valence-corrected chi connectivity index (χ3v) is 4.50. The summed E-state index contributed by atoms with van der Waals surface area (Å²) < 4.78 is 2.03. The zero-order chi connectivity index (χ0) is 9.97. The van der Waals surface area contributed by atoms with Crippen LogP contribution in [0.1, 0.15) is 6.42 Å². The maximum atomic E-state index is 4.08. The van der Waals surface area contributed by atoms with E-state index in [1.807, 2.05) is 24.2 Å². The van der Waals surface area contributed by atoms with Gasteiger partial charge in [0.05, 0.1) is 14.6 Å².